The number of pyridine rings is 1. The van der Waals surface area contributed by atoms with E-state index in [4.69, 9.17) is 4.74 Å². The summed E-state index contributed by atoms with van der Waals surface area (Å²) in [5.74, 6) is 1.05. The summed E-state index contributed by atoms with van der Waals surface area (Å²) in [6, 6.07) is 15.6. The van der Waals surface area contributed by atoms with Gasteiger partial charge in [0.2, 0.25) is 0 Å². The number of anilines is 1. The van der Waals surface area contributed by atoms with Crippen molar-refractivity contribution >= 4 is 16.6 Å². The average molecular weight is 426 g/mol. The van der Waals surface area contributed by atoms with Crippen molar-refractivity contribution in [2.24, 2.45) is 0 Å². The second-order valence-electron chi connectivity index (χ2n) is 9.19. The lowest BCUT2D eigenvalue weighted by molar-refractivity contribution is 0.0891. The third-order valence-electron chi connectivity index (χ3n) is 7.21. The van der Waals surface area contributed by atoms with Gasteiger partial charge in [-0.25, -0.2) is 0 Å². The van der Waals surface area contributed by atoms with Crippen LogP contribution in [0.2, 0.25) is 0 Å². The van der Waals surface area contributed by atoms with Gasteiger partial charge in [0.1, 0.15) is 18.4 Å². The molecule has 0 bridgehead atoms. The monoisotopic (exact) mass is 425 g/mol. The molecule has 2 atom stereocenters. The van der Waals surface area contributed by atoms with Crippen molar-refractivity contribution in [2.45, 2.75) is 38.5 Å². The Morgan fingerprint density at radius 2 is 2.09 bits per heavy atom. The summed E-state index contributed by atoms with van der Waals surface area (Å²) >= 11 is 0. The first-order valence-corrected chi connectivity index (χ1v) is 11.5. The fraction of sp³-hybridized carbons (Fsp3) is 0.385. The number of fused-ring (bicyclic) bond motifs is 4. The van der Waals surface area contributed by atoms with Crippen molar-refractivity contribution in [3.8, 4) is 11.8 Å². The first-order valence-electron chi connectivity index (χ1n) is 11.5. The van der Waals surface area contributed by atoms with Crippen molar-refractivity contribution in [1.29, 1.82) is 5.26 Å². The van der Waals surface area contributed by atoms with Gasteiger partial charge in [-0.15, -0.1) is 0 Å². The molecule has 0 amide bonds. The Balaban J connectivity index is 1.32. The van der Waals surface area contributed by atoms with Crippen LogP contribution in [-0.4, -0.2) is 48.2 Å². The second-order valence-corrected chi connectivity index (χ2v) is 9.19. The predicted octanol–water partition coefficient (Wildman–Crippen LogP) is 3.22. The maximum Gasteiger partial charge on any atom is 0.124 e. The normalized spacial score (nSPS) is 22.8. The van der Waals surface area contributed by atoms with Gasteiger partial charge in [0, 0.05) is 55.1 Å². The summed E-state index contributed by atoms with van der Waals surface area (Å²) in [6.45, 7) is 7.77. The van der Waals surface area contributed by atoms with Crippen LogP contribution in [0.3, 0.4) is 0 Å². The van der Waals surface area contributed by atoms with Crippen LogP contribution in [0.15, 0.2) is 42.6 Å². The summed E-state index contributed by atoms with van der Waals surface area (Å²) in [4.78, 5) is 9.56. The maximum absolute atomic E-state index is 9.50. The van der Waals surface area contributed by atoms with Gasteiger partial charge in [-0.2, -0.15) is 5.26 Å². The number of hydrogen-bond acceptors (Lipinski definition) is 6. The number of nitrogens with zero attached hydrogens (tertiary/aromatic N) is 4. The van der Waals surface area contributed by atoms with E-state index < -0.39 is 0 Å². The molecule has 0 spiro atoms. The molecule has 32 heavy (non-hydrogen) atoms. The number of ether oxygens (including phenoxy) is 1. The van der Waals surface area contributed by atoms with E-state index in [1.165, 1.54) is 16.7 Å². The number of hydrogen-bond donors (Lipinski definition) is 1. The standard InChI is InChI=1S/C26H27N5O/c1-17-13-30(24-5-4-19(11-27)26-23(24)3-2-7-29-26)15-22-16-32-25-10-20-12-28-8-6-18(20)9-21(25)14-31(17)22/h2-5,7,9-10,17,22,28H,6,8,12-16H2,1H3. The molecule has 6 rings (SSSR count). The van der Waals surface area contributed by atoms with Gasteiger partial charge in [0.25, 0.3) is 0 Å². The van der Waals surface area contributed by atoms with E-state index in [2.05, 4.69) is 57.4 Å². The lowest BCUT2D eigenvalue weighted by Gasteiger charge is -2.45. The molecule has 1 N–H and O–H groups in total. The highest BCUT2D eigenvalue weighted by molar-refractivity contribution is 5.95. The van der Waals surface area contributed by atoms with Crippen LogP contribution in [0.25, 0.3) is 10.9 Å². The van der Waals surface area contributed by atoms with Crippen LogP contribution in [0.4, 0.5) is 5.69 Å². The molecule has 1 saturated heterocycles. The molecule has 6 heteroatoms. The molecule has 0 aliphatic carbocycles. The molecule has 0 radical (unpaired) electrons. The smallest absolute Gasteiger partial charge is 0.124 e. The van der Waals surface area contributed by atoms with E-state index >= 15 is 0 Å². The summed E-state index contributed by atoms with van der Waals surface area (Å²) in [7, 11) is 0. The minimum Gasteiger partial charge on any atom is -0.492 e. The molecule has 4 heterocycles. The topological polar surface area (TPSA) is 64.4 Å². The third-order valence-corrected chi connectivity index (χ3v) is 7.21. The first-order chi connectivity index (χ1) is 15.7. The number of piperazine rings is 1. The minimum atomic E-state index is 0.309. The number of nitrogens with one attached hydrogen (secondary N) is 1. The van der Waals surface area contributed by atoms with E-state index in [1.807, 2.05) is 12.1 Å². The van der Waals surface area contributed by atoms with E-state index in [0.29, 0.717) is 24.3 Å². The SMILES string of the molecule is CC1CN(c2ccc(C#N)c3ncccc23)CC2COc3cc4c(cc3CN12)CCNC4. The molecule has 0 saturated carbocycles. The molecule has 3 aromatic rings. The summed E-state index contributed by atoms with van der Waals surface area (Å²) in [6.07, 6.45) is 2.86. The molecule has 3 aliphatic heterocycles. The lowest BCUT2D eigenvalue weighted by atomic mass is 9.97. The quantitative estimate of drug-likeness (QED) is 0.646. The fourth-order valence-electron chi connectivity index (χ4n) is 5.57. The molecule has 162 valence electrons. The van der Waals surface area contributed by atoms with E-state index in [9.17, 15) is 5.26 Å². The van der Waals surface area contributed by atoms with Gasteiger partial charge in [0.05, 0.1) is 17.1 Å². The van der Waals surface area contributed by atoms with Crippen molar-refractivity contribution in [2.75, 3.05) is 31.1 Å². The van der Waals surface area contributed by atoms with Gasteiger partial charge < -0.3 is 15.0 Å². The number of benzene rings is 2. The average Bonchev–Trinajstić information content (AvgIpc) is 3.01. The Kier molecular flexibility index (Phi) is 4.74. The molecular weight excluding hydrogens is 398 g/mol. The van der Waals surface area contributed by atoms with Crippen molar-refractivity contribution in [3.63, 3.8) is 0 Å². The lowest BCUT2D eigenvalue weighted by Crippen LogP contribution is -2.58. The van der Waals surface area contributed by atoms with E-state index in [1.54, 1.807) is 6.20 Å². The van der Waals surface area contributed by atoms with Gasteiger partial charge in [-0.1, -0.05) is 6.07 Å². The highest BCUT2D eigenvalue weighted by Crippen LogP contribution is 2.35. The van der Waals surface area contributed by atoms with Gasteiger partial charge in [-0.05, 0) is 61.3 Å². The fourth-order valence-corrected chi connectivity index (χ4v) is 5.57. The second kappa shape index (κ2) is 7.77. The van der Waals surface area contributed by atoms with Crippen LogP contribution >= 0.6 is 0 Å². The maximum atomic E-state index is 9.50. The first kappa shape index (κ1) is 19.5. The minimum absolute atomic E-state index is 0.309. The van der Waals surface area contributed by atoms with E-state index in [-0.39, 0.29) is 0 Å². The Morgan fingerprint density at radius 1 is 1.16 bits per heavy atom. The van der Waals surface area contributed by atoms with Crippen LogP contribution in [0.5, 0.6) is 5.75 Å². The zero-order valence-electron chi connectivity index (χ0n) is 18.3. The van der Waals surface area contributed by atoms with Crippen LogP contribution in [0, 0.1) is 11.3 Å². The molecule has 3 aliphatic rings. The number of nitriles is 1. The molecule has 2 unspecified atom stereocenters. The van der Waals surface area contributed by atoms with Gasteiger partial charge in [0.15, 0.2) is 0 Å². The van der Waals surface area contributed by atoms with Crippen molar-refractivity contribution < 1.29 is 4.74 Å². The predicted molar refractivity (Wildman–Crippen MR) is 125 cm³/mol. The number of aromatic nitrogens is 1. The van der Waals surface area contributed by atoms with Crippen LogP contribution in [0.1, 0.15) is 29.2 Å². The van der Waals surface area contributed by atoms with Crippen LogP contribution in [-0.2, 0) is 19.5 Å². The summed E-state index contributed by atoms with van der Waals surface area (Å²) < 4.78 is 6.39. The zero-order chi connectivity index (χ0) is 21.7. The van der Waals surface area contributed by atoms with Crippen molar-refractivity contribution in [1.82, 2.24) is 15.2 Å². The molecule has 1 fully saturated rings. The number of rotatable bonds is 1. The van der Waals surface area contributed by atoms with Gasteiger partial charge in [-0.3, -0.25) is 9.88 Å². The summed E-state index contributed by atoms with van der Waals surface area (Å²) in [5, 5.41) is 14.0. The zero-order valence-corrected chi connectivity index (χ0v) is 18.3. The summed E-state index contributed by atoms with van der Waals surface area (Å²) in [5.41, 5.74) is 6.73. The third kappa shape index (κ3) is 3.21. The molecule has 6 nitrogen and oxygen atoms in total. The van der Waals surface area contributed by atoms with Gasteiger partial charge >= 0.3 is 0 Å². The largest absolute Gasteiger partial charge is 0.492 e. The van der Waals surface area contributed by atoms with E-state index in [0.717, 1.165) is 61.5 Å². The highest BCUT2D eigenvalue weighted by atomic mass is 16.5. The van der Waals surface area contributed by atoms with Crippen LogP contribution < -0.4 is 15.0 Å². The molecular formula is C26H27N5O. The Morgan fingerprint density at radius 3 is 3.00 bits per heavy atom. The molecule has 2 aromatic carbocycles. The Hall–Kier alpha value is -3.14. The Bertz CT molecular complexity index is 1230. The highest BCUT2D eigenvalue weighted by Gasteiger charge is 2.36. The Labute approximate surface area is 188 Å². The van der Waals surface area contributed by atoms with Crippen molar-refractivity contribution in [3.05, 3.63) is 64.8 Å². The molecule has 1 aromatic heterocycles.